The maximum Gasteiger partial charge on any atom is 0.409 e. The molecule has 0 aliphatic heterocycles. The van der Waals surface area contributed by atoms with Crippen LogP contribution < -0.4 is 5.32 Å². The number of aliphatic hydroxyl groups excluding tert-OH is 1. The second-order valence-corrected chi connectivity index (χ2v) is 2.55. The van der Waals surface area contributed by atoms with Crippen LogP contribution in [0.25, 0.3) is 0 Å². The van der Waals surface area contributed by atoms with Crippen molar-refractivity contribution in [1.82, 2.24) is 5.32 Å². The minimum absolute atomic E-state index is 0.418. The molecule has 0 aromatic rings. The van der Waals surface area contributed by atoms with Crippen LogP contribution in [-0.2, 0) is 4.74 Å². The third kappa shape index (κ3) is 5.97. The summed E-state index contributed by atoms with van der Waals surface area (Å²) in [6, 6.07) is 0. The topological polar surface area (TPSA) is 58.6 Å². The molecule has 0 aliphatic carbocycles. The van der Waals surface area contributed by atoms with Crippen molar-refractivity contribution in [1.29, 1.82) is 0 Å². The van der Waals surface area contributed by atoms with E-state index in [0.717, 1.165) is 12.8 Å². The van der Waals surface area contributed by atoms with Crippen molar-refractivity contribution in [2.24, 2.45) is 0 Å². The van der Waals surface area contributed by atoms with Gasteiger partial charge in [0.15, 0.2) is 0 Å². The smallest absolute Gasteiger partial charge is 0.409 e. The molecule has 0 bridgehead atoms. The fourth-order valence-corrected chi connectivity index (χ4v) is 0.616. The molecule has 0 radical (unpaired) electrons. The Morgan fingerprint density at radius 3 is 2.75 bits per heavy atom. The first-order valence-electron chi connectivity index (χ1n) is 4.33. The van der Waals surface area contributed by atoms with Gasteiger partial charge in [0.05, 0.1) is 0 Å². The van der Waals surface area contributed by atoms with Gasteiger partial charge in [-0.25, -0.2) is 4.79 Å². The number of amides is 1. The first kappa shape index (κ1) is 11.2. The molecule has 0 aliphatic rings. The third-order valence-corrected chi connectivity index (χ3v) is 1.39. The molecule has 0 aromatic heterocycles. The third-order valence-electron chi connectivity index (χ3n) is 1.39. The van der Waals surface area contributed by atoms with Gasteiger partial charge in [-0.05, 0) is 6.42 Å². The Hall–Kier alpha value is -0.770. The Bertz CT molecular complexity index is 127. The van der Waals surface area contributed by atoms with Crippen molar-refractivity contribution in [3.8, 4) is 0 Å². The normalized spacial score (nSPS) is 12.2. The van der Waals surface area contributed by atoms with Gasteiger partial charge in [-0.2, -0.15) is 0 Å². The molecule has 1 unspecified atom stereocenters. The first-order chi connectivity index (χ1) is 5.70. The average Bonchev–Trinajstić information content (AvgIpc) is 2.05. The van der Waals surface area contributed by atoms with Gasteiger partial charge in [-0.15, -0.1) is 0 Å². The van der Waals surface area contributed by atoms with Gasteiger partial charge in [-0.1, -0.05) is 20.3 Å². The number of carbonyl (C=O) groups excluding carboxylic acids is 1. The van der Waals surface area contributed by atoms with Crippen LogP contribution in [0.15, 0.2) is 0 Å². The molecule has 0 aromatic carbocycles. The molecule has 4 heteroatoms. The van der Waals surface area contributed by atoms with E-state index in [1.807, 2.05) is 6.92 Å². The van der Waals surface area contributed by atoms with Gasteiger partial charge >= 0.3 is 6.09 Å². The van der Waals surface area contributed by atoms with E-state index in [4.69, 9.17) is 5.11 Å². The maximum absolute atomic E-state index is 10.8. The van der Waals surface area contributed by atoms with Crippen LogP contribution >= 0.6 is 0 Å². The monoisotopic (exact) mass is 175 g/mol. The summed E-state index contributed by atoms with van der Waals surface area (Å²) in [5, 5.41) is 11.4. The number of hydrogen-bond donors (Lipinski definition) is 2. The lowest BCUT2D eigenvalue weighted by Crippen LogP contribution is -2.29. The minimum Gasteiger partial charge on any atom is -0.420 e. The Kier molecular flexibility index (Phi) is 6.47. The molecule has 72 valence electrons. The van der Waals surface area contributed by atoms with Crippen LogP contribution in [0.3, 0.4) is 0 Å². The summed E-state index contributed by atoms with van der Waals surface area (Å²) in [7, 11) is 0. The highest BCUT2D eigenvalue weighted by atomic mass is 16.6. The Morgan fingerprint density at radius 1 is 1.58 bits per heavy atom. The van der Waals surface area contributed by atoms with Gasteiger partial charge in [0.1, 0.15) is 0 Å². The standard InChI is InChI=1S/C8H17NO3/c1-3-5-6-9-8(11)12-7(10)4-2/h7,10H,3-6H2,1-2H3,(H,9,11). The van der Waals surface area contributed by atoms with Crippen LogP contribution in [0.4, 0.5) is 4.79 Å². The molecule has 0 saturated heterocycles. The lowest BCUT2D eigenvalue weighted by Gasteiger charge is -2.10. The Morgan fingerprint density at radius 2 is 2.25 bits per heavy atom. The first-order valence-corrected chi connectivity index (χ1v) is 4.33. The lowest BCUT2D eigenvalue weighted by molar-refractivity contribution is -0.0531. The SMILES string of the molecule is CCCCNC(=O)OC(O)CC. The second kappa shape index (κ2) is 6.91. The lowest BCUT2D eigenvalue weighted by atomic mass is 10.3. The van der Waals surface area contributed by atoms with Crippen LogP contribution in [0, 0.1) is 0 Å². The molecule has 0 saturated carbocycles. The molecular weight excluding hydrogens is 158 g/mol. The van der Waals surface area contributed by atoms with E-state index in [2.05, 4.69) is 10.1 Å². The van der Waals surface area contributed by atoms with E-state index < -0.39 is 12.4 Å². The molecule has 0 rings (SSSR count). The molecule has 0 fully saturated rings. The predicted octanol–water partition coefficient (Wildman–Crippen LogP) is 1.24. The summed E-state index contributed by atoms with van der Waals surface area (Å²) in [5.74, 6) is 0. The molecule has 4 nitrogen and oxygen atoms in total. The number of carbonyl (C=O) groups is 1. The van der Waals surface area contributed by atoms with E-state index in [1.54, 1.807) is 6.92 Å². The number of alkyl carbamates (subject to hydrolysis) is 1. The highest BCUT2D eigenvalue weighted by Gasteiger charge is 2.06. The van der Waals surface area contributed by atoms with E-state index in [-0.39, 0.29) is 0 Å². The van der Waals surface area contributed by atoms with Gasteiger partial charge in [0.2, 0.25) is 6.29 Å². The number of hydrogen-bond acceptors (Lipinski definition) is 3. The van der Waals surface area contributed by atoms with Crippen molar-refractivity contribution in [2.75, 3.05) is 6.54 Å². The van der Waals surface area contributed by atoms with E-state index in [1.165, 1.54) is 0 Å². The zero-order chi connectivity index (χ0) is 9.40. The van der Waals surface area contributed by atoms with Crippen LogP contribution in [0.1, 0.15) is 33.1 Å². The molecule has 2 N–H and O–H groups in total. The highest BCUT2D eigenvalue weighted by molar-refractivity contribution is 5.67. The van der Waals surface area contributed by atoms with Crippen molar-refractivity contribution in [2.45, 2.75) is 39.4 Å². The van der Waals surface area contributed by atoms with Gasteiger partial charge in [0.25, 0.3) is 0 Å². The van der Waals surface area contributed by atoms with Crippen molar-refractivity contribution in [3.63, 3.8) is 0 Å². The number of ether oxygens (including phenoxy) is 1. The van der Waals surface area contributed by atoms with Gasteiger partial charge in [0, 0.05) is 13.0 Å². The zero-order valence-corrected chi connectivity index (χ0v) is 7.67. The number of nitrogens with one attached hydrogen (secondary N) is 1. The van der Waals surface area contributed by atoms with Gasteiger partial charge in [-0.3, -0.25) is 0 Å². The minimum atomic E-state index is -0.980. The van der Waals surface area contributed by atoms with Crippen LogP contribution in [0.2, 0.25) is 0 Å². The molecule has 0 heterocycles. The zero-order valence-electron chi connectivity index (χ0n) is 7.67. The van der Waals surface area contributed by atoms with Gasteiger partial charge < -0.3 is 15.2 Å². The Labute approximate surface area is 72.9 Å². The van der Waals surface area contributed by atoms with E-state index >= 15 is 0 Å². The van der Waals surface area contributed by atoms with Crippen molar-refractivity contribution < 1.29 is 14.6 Å². The Balaban J connectivity index is 3.33. The molecule has 0 spiro atoms. The fourth-order valence-electron chi connectivity index (χ4n) is 0.616. The molecule has 1 amide bonds. The van der Waals surface area contributed by atoms with Crippen LogP contribution in [-0.4, -0.2) is 24.0 Å². The number of aliphatic hydroxyl groups is 1. The van der Waals surface area contributed by atoms with E-state index in [0.29, 0.717) is 13.0 Å². The molecular formula is C8H17NO3. The number of rotatable bonds is 5. The summed E-state index contributed by atoms with van der Waals surface area (Å²) >= 11 is 0. The van der Waals surface area contributed by atoms with Crippen molar-refractivity contribution in [3.05, 3.63) is 0 Å². The predicted molar refractivity (Wildman–Crippen MR) is 45.7 cm³/mol. The summed E-state index contributed by atoms with van der Waals surface area (Å²) in [4.78, 5) is 10.8. The summed E-state index contributed by atoms with van der Waals surface area (Å²) in [6.07, 6.45) is 0.846. The fraction of sp³-hybridized carbons (Fsp3) is 0.875. The highest BCUT2D eigenvalue weighted by Crippen LogP contribution is 1.92. The van der Waals surface area contributed by atoms with E-state index in [9.17, 15) is 4.79 Å². The van der Waals surface area contributed by atoms with Crippen molar-refractivity contribution >= 4 is 6.09 Å². The number of unbranched alkanes of at least 4 members (excludes halogenated alkanes) is 1. The second-order valence-electron chi connectivity index (χ2n) is 2.55. The van der Waals surface area contributed by atoms with Crippen LogP contribution in [0.5, 0.6) is 0 Å². The summed E-state index contributed by atoms with van der Waals surface area (Å²) < 4.78 is 4.55. The summed E-state index contributed by atoms with van der Waals surface area (Å²) in [6.45, 7) is 4.38. The average molecular weight is 175 g/mol. The largest absolute Gasteiger partial charge is 0.420 e. The maximum atomic E-state index is 10.8. The molecule has 12 heavy (non-hydrogen) atoms. The molecule has 1 atom stereocenters. The quantitative estimate of drug-likeness (QED) is 0.488. The summed E-state index contributed by atoms with van der Waals surface area (Å²) in [5.41, 5.74) is 0.